The van der Waals surface area contributed by atoms with Crippen molar-refractivity contribution in [3.05, 3.63) is 313 Å². The van der Waals surface area contributed by atoms with E-state index in [4.69, 9.17) is 19.9 Å². The van der Waals surface area contributed by atoms with Gasteiger partial charge in [0.2, 0.25) is 11.9 Å². The number of benzene rings is 12. The van der Waals surface area contributed by atoms with E-state index in [1.54, 1.807) is 0 Å². The summed E-state index contributed by atoms with van der Waals surface area (Å²) in [6.07, 6.45) is 17.5. The fourth-order valence-corrected chi connectivity index (χ4v) is 17.1. The lowest BCUT2D eigenvalue weighted by molar-refractivity contribution is 0.590. The molecule has 0 unspecified atom stereocenters. The first kappa shape index (κ1) is 67.9. The van der Waals surface area contributed by atoms with Gasteiger partial charge in [-0.25, -0.2) is 19.9 Å². The fraction of sp³-hybridized carbons (Fsp3) is 0.200. The van der Waals surface area contributed by atoms with E-state index >= 15 is 0 Å². The van der Waals surface area contributed by atoms with Crippen LogP contribution < -0.4 is 0 Å². The summed E-state index contributed by atoms with van der Waals surface area (Å²) >= 11 is 0. The number of hydrogen-bond donors (Lipinski definition) is 0. The lowest BCUT2D eigenvalue weighted by Gasteiger charge is -2.20. The predicted molar refractivity (Wildman–Crippen MR) is 454 cm³/mol. The van der Waals surface area contributed by atoms with Crippen LogP contribution in [0.1, 0.15) is 127 Å². The normalized spacial score (nSPS) is 12.1. The Morgan fingerprint density at radius 1 is 0.269 bits per heavy atom. The van der Waals surface area contributed by atoms with Gasteiger partial charge in [-0.05, 0) is 145 Å². The molecule has 0 radical (unpaired) electrons. The van der Waals surface area contributed by atoms with E-state index in [9.17, 15) is 0 Å². The maximum absolute atomic E-state index is 5.70. The molecule has 6 aromatic heterocycles. The van der Waals surface area contributed by atoms with Gasteiger partial charge >= 0.3 is 0 Å². The average molecular weight is 1400 g/mol. The lowest BCUT2D eigenvalue weighted by Crippen LogP contribution is -2.11. The predicted octanol–water partition coefficient (Wildman–Crippen LogP) is 26.6. The number of nitrogens with zero attached hydrogens (tertiary/aromatic N) is 8. The van der Waals surface area contributed by atoms with E-state index in [2.05, 4.69) is 337 Å². The molecule has 18 rings (SSSR count). The van der Waals surface area contributed by atoms with Crippen LogP contribution in [0.15, 0.2) is 291 Å². The standard InChI is InChI=1S/C100H90N8/c1-5-6-7-8-11-17-36-68-38-34-45-72(63-68)87-67-88(104-99(103-87)107-90-54-31-27-50-79(90)82-62-61-81-78-49-26-30-53-89(78)105(94(81)95(82)107)76-47-24-16-25-48-76)73-46-35-39-69(64-73)37-18-12-9-10-13-19-44-74-65-84-80-51-28-32-55-91(80)108(98-101-85(70-40-20-14-21-41-70)66-86(102-98)71-42-22-15-23-43-71)96(84)97-93(74)83-52-29-33-56-92(83)106(97)77-59-57-75(58-60-77)100(2,3)4/h14-16,20-35,38-43,45-67H,5-13,17-19,36-37,44H2,1-4H3. The summed E-state index contributed by atoms with van der Waals surface area (Å²) in [7, 11) is 0. The van der Waals surface area contributed by atoms with Crippen LogP contribution in [0.2, 0.25) is 0 Å². The molecule has 18 aromatic rings. The minimum absolute atomic E-state index is 0.00744. The van der Waals surface area contributed by atoms with E-state index in [0.717, 1.165) is 123 Å². The van der Waals surface area contributed by atoms with Gasteiger partial charge in [-0.2, -0.15) is 0 Å². The van der Waals surface area contributed by atoms with Crippen molar-refractivity contribution in [1.29, 1.82) is 0 Å². The second-order valence-corrected chi connectivity index (χ2v) is 30.7. The molecule has 0 spiro atoms. The Morgan fingerprint density at radius 2 is 0.639 bits per heavy atom. The molecule has 0 fully saturated rings. The first-order valence-electron chi connectivity index (χ1n) is 39.4. The molecule has 0 atom stereocenters. The summed E-state index contributed by atoms with van der Waals surface area (Å²) < 4.78 is 9.70. The molecular weight excluding hydrogens is 1310 g/mol. The van der Waals surface area contributed by atoms with Gasteiger partial charge in [0.05, 0.1) is 66.9 Å². The van der Waals surface area contributed by atoms with Crippen molar-refractivity contribution in [2.24, 2.45) is 0 Å². The van der Waals surface area contributed by atoms with E-state index in [-0.39, 0.29) is 5.41 Å². The Balaban J connectivity index is 0.654. The molecule has 0 amide bonds. The SMILES string of the molecule is CCCCCCCCc1cccc(-c2cc(-c3cccc(CCCCCCCCc4cc5c6ccccc6n(-c6nc(-c7ccccc7)cc(-c7ccccc7)n6)c5c5c4c4ccccc4n5-c4ccc(C(C)(C)C)cc4)c3)nc(-n3c4ccccc4c4ccc5c6ccccc6n(-c6ccccc6)c5c43)n2)c1. The summed E-state index contributed by atoms with van der Waals surface area (Å²) in [5.74, 6) is 1.31. The fourth-order valence-electron chi connectivity index (χ4n) is 17.1. The summed E-state index contributed by atoms with van der Waals surface area (Å²) in [6, 6.07) is 107. The van der Waals surface area contributed by atoms with Crippen molar-refractivity contribution in [3.63, 3.8) is 0 Å². The Kier molecular flexibility index (Phi) is 18.5. The van der Waals surface area contributed by atoms with Crippen LogP contribution in [-0.4, -0.2) is 38.2 Å². The quantitative estimate of drug-likeness (QED) is 0.0565. The molecular formula is C100H90N8. The van der Waals surface area contributed by atoms with Gasteiger partial charge in [0.25, 0.3) is 0 Å². The monoisotopic (exact) mass is 1400 g/mol. The maximum atomic E-state index is 5.70. The number of hydrogen-bond acceptors (Lipinski definition) is 4. The smallest absolute Gasteiger partial charge is 0.235 e. The molecule has 0 aliphatic rings. The second-order valence-electron chi connectivity index (χ2n) is 30.7. The largest absolute Gasteiger partial charge is 0.307 e. The molecule has 0 saturated carbocycles. The first-order valence-corrected chi connectivity index (χ1v) is 39.4. The first-order chi connectivity index (χ1) is 53.2. The molecule has 0 N–H and O–H groups in total. The van der Waals surface area contributed by atoms with Crippen molar-refractivity contribution in [1.82, 2.24) is 38.2 Å². The number of rotatable bonds is 24. The molecule has 108 heavy (non-hydrogen) atoms. The molecule has 0 saturated heterocycles. The van der Waals surface area contributed by atoms with Crippen molar-refractivity contribution in [2.45, 2.75) is 129 Å². The third-order valence-electron chi connectivity index (χ3n) is 22.5. The van der Waals surface area contributed by atoms with Crippen LogP contribution in [0, 0.1) is 0 Å². The maximum Gasteiger partial charge on any atom is 0.235 e. The number of aromatic nitrogens is 8. The minimum atomic E-state index is 0.00744. The van der Waals surface area contributed by atoms with Gasteiger partial charge < -0.3 is 9.13 Å². The number of aryl methyl sites for hydroxylation is 3. The minimum Gasteiger partial charge on any atom is -0.307 e. The highest BCUT2D eigenvalue weighted by atomic mass is 15.2. The van der Waals surface area contributed by atoms with Gasteiger partial charge in [0.15, 0.2) is 0 Å². The number of fused-ring (bicyclic) bond motifs is 14. The topological polar surface area (TPSA) is 71.3 Å². The number of para-hydroxylation sites is 5. The lowest BCUT2D eigenvalue weighted by atomic mass is 9.87. The molecule has 6 heterocycles. The van der Waals surface area contributed by atoms with E-state index in [0.29, 0.717) is 11.9 Å². The summed E-state index contributed by atoms with van der Waals surface area (Å²) in [6.45, 7) is 9.17. The van der Waals surface area contributed by atoms with Crippen LogP contribution in [-0.2, 0) is 24.7 Å². The van der Waals surface area contributed by atoms with Gasteiger partial charge in [0, 0.05) is 76.7 Å². The van der Waals surface area contributed by atoms with Crippen molar-refractivity contribution >= 4 is 87.2 Å². The van der Waals surface area contributed by atoms with Gasteiger partial charge in [-0.15, -0.1) is 0 Å². The van der Waals surface area contributed by atoms with Crippen LogP contribution in [0.4, 0.5) is 0 Å². The van der Waals surface area contributed by atoms with Crippen LogP contribution in [0.3, 0.4) is 0 Å². The summed E-state index contributed by atoms with van der Waals surface area (Å²) in [5, 5.41) is 9.71. The van der Waals surface area contributed by atoms with E-state index < -0.39 is 0 Å². The molecule has 12 aromatic carbocycles. The Hall–Kier alpha value is -12.0. The second kappa shape index (κ2) is 29.4. The summed E-state index contributed by atoms with van der Waals surface area (Å²) in [5.41, 5.74) is 24.6. The highest BCUT2D eigenvalue weighted by molar-refractivity contribution is 6.26. The van der Waals surface area contributed by atoms with Gasteiger partial charge in [-0.1, -0.05) is 298 Å². The molecule has 0 aliphatic heterocycles. The van der Waals surface area contributed by atoms with Crippen molar-refractivity contribution < 1.29 is 0 Å². The number of unbranched alkanes of at least 4 members (excludes halogenated alkanes) is 10. The van der Waals surface area contributed by atoms with Gasteiger partial charge in [0.1, 0.15) is 0 Å². The highest BCUT2D eigenvalue weighted by Crippen LogP contribution is 2.46. The van der Waals surface area contributed by atoms with Crippen molar-refractivity contribution in [2.75, 3.05) is 0 Å². The third kappa shape index (κ3) is 12.8. The van der Waals surface area contributed by atoms with Gasteiger partial charge in [-0.3, -0.25) is 9.13 Å². The third-order valence-corrected chi connectivity index (χ3v) is 22.5. The van der Waals surface area contributed by atoms with E-state index in [1.165, 1.54) is 140 Å². The Labute approximate surface area is 632 Å². The highest BCUT2D eigenvalue weighted by Gasteiger charge is 2.28. The zero-order valence-corrected chi connectivity index (χ0v) is 62.4. The van der Waals surface area contributed by atoms with Crippen molar-refractivity contribution in [3.8, 4) is 68.3 Å². The molecule has 530 valence electrons. The Bertz CT molecular complexity index is 6270. The summed E-state index contributed by atoms with van der Waals surface area (Å²) in [4.78, 5) is 22.4. The van der Waals surface area contributed by atoms with Crippen LogP contribution >= 0.6 is 0 Å². The zero-order chi connectivity index (χ0) is 72.7. The average Bonchev–Trinajstić information content (AvgIpc) is 1.54. The molecule has 8 heteroatoms. The Morgan fingerprint density at radius 3 is 1.14 bits per heavy atom. The van der Waals surface area contributed by atoms with Crippen LogP contribution in [0.25, 0.3) is 156 Å². The van der Waals surface area contributed by atoms with Crippen LogP contribution in [0.5, 0.6) is 0 Å². The zero-order valence-electron chi connectivity index (χ0n) is 62.4. The molecule has 8 nitrogen and oxygen atoms in total. The van der Waals surface area contributed by atoms with E-state index in [1.807, 2.05) is 0 Å². The molecule has 0 aliphatic carbocycles. The molecule has 0 bridgehead atoms.